The lowest BCUT2D eigenvalue weighted by atomic mass is 9.96. The molecule has 0 saturated carbocycles. The van der Waals surface area contributed by atoms with Crippen LogP contribution in [0.25, 0.3) is 123 Å². The second kappa shape index (κ2) is 16.8. The third-order valence-electron chi connectivity index (χ3n) is 13.7. The SMILES string of the molecule is Cc1cccc(-c2ccc3c4ccc(-c5cccc(C)c5)cc4n(-c4ccc(-c5cccc6c5c5ccccc5n6-c5ccccc5)cc4-c4nc(-c5ccccc5)nc(-c5ccccc5)n4)c3c2)c1. The van der Waals surface area contributed by atoms with E-state index in [0.717, 1.165) is 72.4 Å². The summed E-state index contributed by atoms with van der Waals surface area (Å²) in [6, 6.07) is 84.8. The lowest BCUT2D eigenvalue weighted by Crippen LogP contribution is -2.04. The number of para-hydroxylation sites is 2. The van der Waals surface area contributed by atoms with Crippen molar-refractivity contribution in [3.8, 4) is 78.9 Å². The maximum absolute atomic E-state index is 5.43. The summed E-state index contributed by atoms with van der Waals surface area (Å²) < 4.78 is 4.82. The molecule has 0 spiro atoms. The minimum Gasteiger partial charge on any atom is -0.309 e. The van der Waals surface area contributed by atoms with Gasteiger partial charge in [0.2, 0.25) is 0 Å². The van der Waals surface area contributed by atoms with E-state index in [0.29, 0.717) is 17.5 Å². The molecule has 0 atom stereocenters. The summed E-state index contributed by atoms with van der Waals surface area (Å²) in [7, 11) is 0. The van der Waals surface area contributed by atoms with E-state index in [-0.39, 0.29) is 0 Å². The zero-order valence-corrected chi connectivity index (χ0v) is 38.8. The summed E-state index contributed by atoms with van der Waals surface area (Å²) >= 11 is 0. The van der Waals surface area contributed by atoms with Crippen molar-refractivity contribution >= 4 is 43.6 Å². The van der Waals surface area contributed by atoms with E-state index in [1.165, 1.54) is 43.8 Å². The molecule has 3 heterocycles. The van der Waals surface area contributed by atoms with Gasteiger partial charge in [-0.25, -0.2) is 15.0 Å². The Morgan fingerprint density at radius 2 is 0.771 bits per heavy atom. The number of nitrogens with zero attached hydrogens (tertiary/aromatic N) is 5. The first-order chi connectivity index (χ1) is 34.5. The molecule has 0 radical (unpaired) electrons. The Labute approximate surface area is 406 Å². The Balaban J connectivity index is 1.14. The van der Waals surface area contributed by atoms with Crippen LogP contribution in [0.5, 0.6) is 0 Å². The van der Waals surface area contributed by atoms with Gasteiger partial charge < -0.3 is 9.13 Å². The third-order valence-corrected chi connectivity index (χ3v) is 13.7. The average molecular weight is 896 g/mol. The number of aromatic nitrogens is 5. The standard InChI is InChI=1S/C65H45N5/c1-42-17-14-23-46(37-42)48-31-34-53-54-35-32-49(47-24-15-18-43(2)38-47)41-61(54)70(60(53)40-48)58-36-33-50(52-28-16-30-59-62(52)55-27-12-13-29-57(55)69(59)51-25-10-5-11-26-51)39-56(58)65-67-63(44-19-6-3-7-20-44)66-64(68-65)45-21-8-4-9-22-45/h3-41H,1-2H3. The zero-order valence-electron chi connectivity index (χ0n) is 38.8. The van der Waals surface area contributed by atoms with Gasteiger partial charge in [0.25, 0.3) is 0 Å². The van der Waals surface area contributed by atoms with Gasteiger partial charge in [0.1, 0.15) is 0 Å². The van der Waals surface area contributed by atoms with Crippen molar-refractivity contribution in [1.29, 1.82) is 0 Å². The topological polar surface area (TPSA) is 48.5 Å². The number of fused-ring (bicyclic) bond motifs is 6. The van der Waals surface area contributed by atoms with Gasteiger partial charge in [0.05, 0.1) is 27.8 Å². The number of rotatable bonds is 8. The van der Waals surface area contributed by atoms with Crippen LogP contribution in [0.15, 0.2) is 237 Å². The van der Waals surface area contributed by atoms with Gasteiger partial charge in [0, 0.05) is 43.9 Å². The molecule has 0 aliphatic rings. The smallest absolute Gasteiger partial charge is 0.166 e. The Hall–Kier alpha value is -9.19. The summed E-state index contributed by atoms with van der Waals surface area (Å²) in [5.74, 6) is 1.81. The fourth-order valence-electron chi connectivity index (χ4n) is 10.4. The number of benzene rings is 10. The average Bonchev–Trinajstić information content (AvgIpc) is 3.93. The highest BCUT2D eigenvalue weighted by Crippen LogP contribution is 2.44. The number of hydrogen-bond donors (Lipinski definition) is 0. The Bertz CT molecular complexity index is 3970. The van der Waals surface area contributed by atoms with Crippen molar-refractivity contribution in [1.82, 2.24) is 24.1 Å². The predicted molar refractivity (Wildman–Crippen MR) is 291 cm³/mol. The van der Waals surface area contributed by atoms with Crippen molar-refractivity contribution in [2.45, 2.75) is 13.8 Å². The molecule has 0 amide bonds. The molecule has 330 valence electrons. The van der Waals surface area contributed by atoms with E-state index in [9.17, 15) is 0 Å². The maximum Gasteiger partial charge on any atom is 0.166 e. The minimum absolute atomic E-state index is 0.586. The molecule has 5 heteroatoms. The molecule has 13 aromatic rings. The third kappa shape index (κ3) is 7.06. The fourth-order valence-corrected chi connectivity index (χ4v) is 10.4. The lowest BCUT2D eigenvalue weighted by molar-refractivity contribution is 1.06. The van der Waals surface area contributed by atoms with E-state index in [2.05, 4.69) is 223 Å². The van der Waals surface area contributed by atoms with E-state index >= 15 is 0 Å². The molecule has 13 rings (SSSR count). The summed E-state index contributed by atoms with van der Waals surface area (Å²) in [5, 5.41) is 4.71. The predicted octanol–water partition coefficient (Wildman–Crippen LogP) is 16.7. The molecule has 0 N–H and O–H groups in total. The zero-order chi connectivity index (χ0) is 46.7. The molecule has 0 aliphatic carbocycles. The molecule has 5 nitrogen and oxygen atoms in total. The van der Waals surface area contributed by atoms with Gasteiger partial charge in [-0.15, -0.1) is 0 Å². The van der Waals surface area contributed by atoms with E-state index in [1.54, 1.807) is 0 Å². The van der Waals surface area contributed by atoms with Gasteiger partial charge in [-0.05, 0) is 95.8 Å². The van der Waals surface area contributed by atoms with E-state index in [4.69, 9.17) is 15.0 Å². The molecule has 70 heavy (non-hydrogen) atoms. The minimum atomic E-state index is 0.586. The van der Waals surface area contributed by atoms with Crippen LogP contribution in [0.2, 0.25) is 0 Å². The molecule has 0 aliphatic heterocycles. The lowest BCUT2D eigenvalue weighted by Gasteiger charge is -2.17. The monoisotopic (exact) mass is 895 g/mol. The molecule has 10 aromatic carbocycles. The van der Waals surface area contributed by atoms with Crippen molar-refractivity contribution < 1.29 is 0 Å². The second-order valence-corrected chi connectivity index (χ2v) is 18.2. The van der Waals surface area contributed by atoms with Gasteiger partial charge in [-0.1, -0.05) is 199 Å². The summed E-state index contributed by atoms with van der Waals surface area (Å²) in [6.07, 6.45) is 0. The van der Waals surface area contributed by atoms with Crippen LogP contribution in [0, 0.1) is 13.8 Å². The van der Waals surface area contributed by atoms with Crippen LogP contribution in [0.1, 0.15) is 11.1 Å². The Kier molecular flexibility index (Phi) is 9.88. The normalized spacial score (nSPS) is 11.6. The molecular formula is C65H45N5. The van der Waals surface area contributed by atoms with Crippen LogP contribution in [-0.2, 0) is 0 Å². The van der Waals surface area contributed by atoms with Crippen LogP contribution < -0.4 is 0 Å². The Morgan fingerprint density at radius 1 is 0.286 bits per heavy atom. The number of hydrogen-bond acceptors (Lipinski definition) is 3. The van der Waals surface area contributed by atoms with Crippen molar-refractivity contribution in [3.63, 3.8) is 0 Å². The summed E-state index contributed by atoms with van der Waals surface area (Å²) in [4.78, 5) is 16.0. The van der Waals surface area contributed by atoms with Crippen LogP contribution >= 0.6 is 0 Å². The van der Waals surface area contributed by atoms with E-state index < -0.39 is 0 Å². The second-order valence-electron chi connectivity index (χ2n) is 18.2. The number of aryl methyl sites for hydroxylation is 2. The largest absolute Gasteiger partial charge is 0.309 e. The van der Waals surface area contributed by atoms with Gasteiger partial charge in [-0.3, -0.25) is 0 Å². The van der Waals surface area contributed by atoms with Crippen molar-refractivity contribution in [2.75, 3.05) is 0 Å². The molecule has 0 saturated heterocycles. The molecule has 0 unspecified atom stereocenters. The fraction of sp³-hybridized carbons (Fsp3) is 0.0308. The molecular weight excluding hydrogens is 851 g/mol. The first-order valence-electron chi connectivity index (χ1n) is 23.8. The highest BCUT2D eigenvalue weighted by molar-refractivity contribution is 6.16. The van der Waals surface area contributed by atoms with Crippen molar-refractivity contribution in [2.24, 2.45) is 0 Å². The molecule has 3 aromatic heterocycles. The summed E-state index contributed by atoms with van der Waals surface area (Å²) in [6.45, 7) is 4.31. The highest BCUT2D eigenvalue weighted by atomic mass is 15.1. The quantitative estimate of drug-likeness (QED) is 0.153. The summed E-state index contributed by atoms with van der Waals surface area (Å²) in [5.41, 5.74) is 18.6. The van der Waals surface area contributed by atoms with Gasteiger partial charge in [0.15, 0.2) is 17.5 Å². The molecule has 0 bridgehead atoms. The van der Waals surface area contributed by atoms with Crippen molar-refractivity contribution in [3.05, 3.63) is 248 Å². The van der Waals surface area contributed by atoms with E-state index in [1.807, 2.05) is 36.4 Å². The maximum atomic E-state index is 5.43. The molecule has 0 fully saturated rings. The first-order valence-corrected chi connectivity index (χ1v) is 23.8. The van der Waals surface area contributed by atoms with Gasteiger partial charge >= 0.3 is 0 Å². The van der Waals surface area contributed by atoms with Crippen LogP contribution in [0.4, 0.5) is 0 Å². The Morgan fingerprint density at radius 3 is 1.37 bits per heavy atom. The first kappa shape index (κ1) is 41.0. The van der Waals surface area contributed by atoms with Crippen LogP contribution in [-0.4, -0.2) is 24.1 Å². The van der Waals surface area contributed by atoms with Gasteiger partial charge in [-0.2, -0.15) is 0 Å². The van der Waals surface area contributed by atoms with Crippen LogP contribution in [0.3, 0.4) is 0 Å². The highest BCUT2D eigenvalue weighted by Gasteiger charge is 2.23.